The molecule has 0 amide bonds. The van der Waals surface area contributed by atoms with Gasteiger partial charge in [0.2, 0.25) is 0 Å². The first-order chi connectivity index (χ1) is 19.5. The maximum atomic E-state index is 2.65. The third kappa shape index (κ3) is 7.82. The second kappa shape index (κ2) is 16.2. The van der Waals surface area contributed by atoms with E-state index in [9.17, 15) is 0 Å². The Hall–Kier alpha value is -0.683. The van der Waals surface area contributed by atoms with Crippen LogP contribution in [0.2, 0.25) is 6.04 Å². The van der Waals surface area contributed by atoms with E-state index in [2.05, 4.69) is 92.9 Å². The predicted octanol–water partition coefficient (Wildman–Crippen LogP) is 11.4. The Morgan fingerprint density at radius 1 is 0.600 bits per heavy atom. The standard InChI is InChI=1S/C36H56S3Si/c1-6-9-12-15-16-18-21-30(20-17-13-10-7-2)27-40(34-24-23-31(39-34)22-19-14-11-8-3)32-25-28(4)37-35(32)36-33(40)26-29(5)38-36/h23-26,30H,6-22,27H2,1-5H3. The van der Waals surface area contributed by atoms with Crippen LogP contribution >= 0.6 is 34.0 Å². The molecule has 0 saturated carbocycles. The van der Waals surface area contributed by atoms with Crippen LogP contribution in [0.4, 0.5) is 0 Å². The van der Waals surface area contributed by atoms with Crippen LogP contribution in [0.25, 0.3) is 9.75 Å². The Morgan fingerprint density at radius 2 is 1.10 bits per heavy atom. The summed E-state index contributed by atoms with van der Waals surface area (Å²) in [5.41, 5.74) is 0. The van der Waals surface area contributed by atoms with Crippen molar-refractivity contribution in [2.24, 2.45) is 5.92 Å². The van der Waals surface area contributed by atoms with E-state index in [0.29, 0.717) is 0 Å². The zero-order chi connectivity index (χ0) is 28.4. The van der Waals surface area contributed by atoms with Crippen LogP contribution in [0.15, 0.2) is 24.3 Å². The summed E-state index contributed by atoms with van der Waals surface area (Å²) in [4.78, 5) is 7.98. The fourth-order valence-corrected chi connectivity index (χ4v) is 18.6. The van der Waals surface area contributed by atoms with Crippen molar-refractivity contribution in [3.63, 3.8) is 0 Å². The highest BCUT2D eigenvalue weighted by atomic mass is 32.1. The van der Waals surface area contributed by atoms with Gasteiger partial charge in [-0.15, -0.1) is 34.0 Å². The Balaban J connectivity index is 1.65. The van der Waals surface area contributed by atoms with Crippen LogP contribution < -0.4 is 14.9 Å². The highest BCUT2D eigenvalue weighted by Gasteiger charge is 2.51. The third-order valence-electron chi connectivity index (χ3n) is 9.22. The summed E-state index contributed by atoms with van der Waals surface area (Å²) in [5.74, 6) is 0.865. The van der Waals surface area contributed by atoms with Crippen LogP contribution in [0, 0.1) is 19.8 Å². The van der Waals surface area contributed by atoms with Gasteiger partial charge < -0.3 is 0 Å². The summed E-state index contributed by atoms with van der Waals surface area (Å²) in [5, 5.41) is 3.58. The van der Waals surface area contributed by atoms with Crippen LogP contribution in [-0.4, -0.2) is 8.07 Å². The fraction of sp³-hybridized carbons (Fsp3) is 0.667. The van der Waals surface area contributed by atoms with E-state index in [4.69, 9.17) is 0 Å². The Labute approximate surface area is 260 Å². The van der Waals surface area contributed by atoms with Gasteiger partial charge in [0.1, 0.15) is 0 Å². The van der Waals surface area contributed by atoms with Gasteiger partial charge in [-0.3, -0.25) is 0 Å². The number of fused-ring (bicyclic) bond motifs is 3. The maximum Gasteiger partial charge on any atom is 0.164 e. The highest BCUT2D eigenvalue weighted by molar-refractivity contribution is 7.38. The third-order valence-corrected chi connectivity index (χ3v) is 19.0. The Kier molecular flexibility index (Phi) is 13.1. The van der Waals surface area contributed by atoms with Crippen LogP contribution in [0.5, 0.6) is 0 Å². The lowest BCUT2D eigenvalue weighted by Crippen LogP contribution is -2.64. The Bertz CT molecular complexity index is 1100. The molecule has 3 aromatic rings. The van der Waals surface area contributed by atoms with Crippen molar-refractivity contribution in [3.05, 3.63) is 38.9 Å². The molecule has 0 N–H and O–H groups in total. The smallest absolute Gasteiger partial charge is 0.149 e. The number of unbranched alkanes of at least 4 members (excludes halogenated alkanes) is 11. The normalized spacial score (nSPS) is 14.5. The molecule has 4 rings (SSSR count). The van der Waals surface area contributed by atoms with E-state index in [0.717, 1.165) is 5.92 Å². The van der Waals surface area contributed by atoms with Gasteiger partial charge in [-0.05, 0) is 67.2 Å². The highest BCUT2D eigenvalue weighted by Crippen LogP contribution is 2.43. The van der Waals surface area contributed by atoms with Crippen molar-refractivity contribution in [2.45, 2.75) is 150 Å². The topological polar surface area (TPSA) is 0 Å². The van der Waals surface area contributed by atoms with Gasteiger partial charge in [0.15, 0.2) is 8.07 Å². The van der Waals surface area contributed by atoms with Gasteiger partial charge in [0.05, 0.1) is 0 Å². The first-order valence-electron chi connectivity index (χ1n) is 16.8. The minimum Gasteiger partial charge on any atom is -0.149 e. The largest absolute Gasteiger partial charge is 0.164 e. The average molecular weight is 613 g/mol. The molecule has 1 aliphatic heterocycles. The van der Waals surface area contributed by atoms with Crippen LogP contribution in [0.1, 0.15) is 138 Å². The SMILES string of the molecule is CCCCCCCCC(CCCCCC)C[Si]1(c2ccc(CCCCCC)s2)c2cc(C)sc2-c2sc(C)cc21. The lowest BCUT2D eigenvalue weighted by Gasteiger charge is -2.32. The quantitative estimate of drug-likeness (QED) is 0.0879. The van der Waals surface area contributed by atoms with Gasteiger partial charge in [-0.25, -0.2) is 0 Å². The van der Waals surface area contributed by atoms with Crippen LogP contribution in [-0.2, 0) is 6.42 Å². The number of hydrogen-bond acceptors (Lipinski definition) is 3. The number of rotatable bonds is 20. The molecule has 0 aromatic carbocycles. The minimum absolute atomic E-state index is 0.865. The summed E-state index contributed by atoms with van der Waals surface area (Å²) in [6.07, 6.45) is 23.7. The molecule has 222 valence electrons. The summed E-state index contributed by atoms with van der Waals surface area (Å²) >= 11 is 6.39. The van der Waals surface area contributed by atoms with Gasteiger partial charge in [0.25, 0.3) is 0 Å². The molecule has 0 fully saturated rings. The average Bonchev–Trinajstić information content (AvgIpc) is 3.71. The van der Waals surface area contributed by atoms with Crippen molar-refractivity contribution in [1.29, 1.82) is 0 Å². The molecule has 40 heavy (non-hydrogen) atoms. The van der Waals surface area contributed by atoms with E-state index in [-0.39, 0.29) is 0 Å². The van der Waals surface area contributed by atoms with E-state index < -0.39 is 8.07 Å². The summed E-state index contributed by atoms with van der Waals surface area (Å²) in [7, 11) is -2.02. The molecule has 3 aromatic heterocycles. The molecule has 0 radical (unpaired) electrons. The van der Waals surface area contributed by atoms with Crippen molar-refractivity contribution in [3.8, 4) is 9.75 Å². The molecule has 1 unspecified atom stereocenters. The fourth-order valence-electron chi connectivity index (χ4n) is 7.05. The monoisotopic (exact) mass is 612 g/mol. The summed E-state index contributed by atoms with van der Waals surface area (Å²) in [6.45, 7) is 11.7. The van der Waals surface area contributed by atoms with Gasteiger partial charge in [-0.1, -0.05) is 123 Å². The molecule has 4 heteroatoms. The number of thiophene rings is 3. The van der Waals surface area contributed by atoms with E-state index in [1.165, 1.54) is 125 Å². The second-order valence-corrected chi connectivity index (χ2v) is 20.5. The lowest BCUT2D eigenvalue weighted by atomic mass is 9.96. The molecule has 0 spiro atoms. The Morgan fingerprint density at radius 3 is 1.68 bits per heavy atom. The number of hydrogen-bond donors (Lipinski definition) is 0. The van der Waals surface area contributed by atoms with Crippen molar-refractivity contribution in [1.82, 2.24) is 0 Å². The summed E-state index contributed by atoms with van der Waals surface area (Å²) < 4.78 is 1.77. The van der Waals surface area contributed by atoms with Gasteiger partial charge in [-0.2, -0.15) is 0 Å². The van der Waals surface area contributed by atoms with E-state index in [1.54, 1.807) is 29.5 Å². The van der Waals surface area contributed by atoms with Crippen molar-refractivity contribution in [2.75, 3.05) is 0 Å². The number of aryl methyl sites for hydroxylation is 3. The lowest BCUT2D eigenvalue weighted by molar-refractivity contribution is 0.431. The predicted molar refractivity (Wildman–Crippen MR) is 189 cm³/mol. The van der Waals surface area contributed by atoms with Crippen LogP contribution in [0.3, 0.4) is 0 Å². The molecule has 4 heterocycles. The molecule has 0 bridgehead atoms. The van der Waals surface area contributed by atoms with Crippen molar-refractivity contribution >= 4 is 57.0 Å². The first kappa shape index (κ1) is 32.2. The van der Waals surface area contributed by atoms with Crippen molar-refractivity contribution < 1.29 is 0 Å². The molecule has 0 aliphatic carbocycles. The summed E-state index contributed by atoms with van der Waals surface area (Å²) in [6, 6.07) is 11.9. The molecule has 0 saturated heterocycles. The minimum atomic E-state index is -2.02. The van der Waals surface area contributed by atoms with E-state index in [1.807, 2.05) is 0 Å². The first-order valence-corrected chi connectivity index (χ1v) is 21.5. The maximum absolute atomic E-state index is 2.65. The molecule has 0 nitrogen and oxygen atoms in total. The van der Waals surface area contributed by atoms with Gasteiger partial charge in [0, 0.05) is 28.9 Å². The zero-order valence-electron chi connectivity index (χ0n) is 26.3. The zero-order valence-corrected chi connectivity index (χ0v) is 29.8. The molecular formula is C36H56S3Si. The molecular weight excluding hydrogens is 557 g/mol. The molecule has 1 atom stereocenters. The second-order valence-electron chi connectivity index (χ2n) is 12.7. The van der Waals surface area contributed by atoms with Gasteiger partial charge >= 0.3 is 0 Å². The van der Waals surface area contributed by atoms with E-state index >= 15 is 0 Å². The molecule has 1 aliphatic rings.